The SMILES string of the molecule is CC[C@@H](C(=N)C(=O)OCc1ccccc1)C(=O)Nc1nc(-c2ccc(C(=O)NC3CC3)cn2)cs1. The molecule has 0 spiro atoms. The standard InChI is InChI=1S/C25H25N5O4S/c1-2-18(21(26)24(33)34-13-15-6-4-3-5-7-15)23(32)30-25-29-20(14-35-25)19-11-8-16(12-27-19)22(31)28-17-9-10-17/h3-8,11-12,14,17-18,26H,2,9-10,13H2,1H3,(H,28,31)(H,29,30,32)/t18-/m0/s1. The second-order valence-electron chi connectivity index (χ2n) is 8.14. The number of hydrogen-bond acceptors (Lipinski definition) is 8. The smallest absolute Gasteiger partial charge is 0.353 e. The minimum atomic E-state index is -0.965. The van der Waals surface area contributed by atoms with E-state index in [-0.39, 0.29) is 25.0 Å². The van der Waals surface area contributed by atoms with E-state index in [2.05, 4.69) is 20.6 Å². The van der Waals surface area contributed by atoms with Gasteiger partial charge in [0.25, 0.3) is 5.91 Å². The third kappa shape index (κ3) is 6.36. The van der Waals surface area contributed by atoms with Crippen LogP contribution in [0.2, 0.25) is 0 Å². The summed E-state index contributed by atoms with van der Waals surface area (Å²) in [6.07, 6.45) is 3.78. The lowest BCUT2D eigenvalue weighted by molar-refractivity contribution is -0.137. The van der Waals surface area contributed by atoms with Crippen molar-refractivity contribution >= 4 is 40.0 Å². The van der Waals surface area contributed by atoms with Crippen LogP contribution in [0.5, 0.6) is 0 Å². The van der Waals surface area contributed by atoms with Crippen LogP contribution in [0.4, 0.5) is 5.13 Å². The van der Waals surface area contributed by atoms with E-state index in [0.29, 0.717) is 22.1 Å². The Labute approximate surface area is 206 Å². The van der Waals surface area contributed by atoms with E-state index in [1.165, 1.54) is 17.5 Å². The molecule has 0 radical (unpaired) electrons. The van der Waals surface area contributed by atoms with Gasteiger partial charge >= 0.3 is 5.97 Å². The molecule has 3 N–H and O–H groups in total. The molecule has 2 amide bonds. The van der Waals surface area contributed by atoms with Gasteiger partial charge in [-0.3, -0.25) is 20.0 Å². The van der Waals surface area contributed by atoms with Crippen LogP contribution in [0.3, 0.4) is 0 Å². The van der Waals surface area contributed by atoms with E-state index >= 15 is 0 Å². The minimum Gasteiger partial charge on any atom is -0.456 e. The van der Waals surface area contributed by atoms with Crippen LogP contribution in [-0.4, -0.2) is 39.5 Å². The van der Waals surface area contributed by atoms with E-state index in [0.717, 1.165) is 18.4 Å². The maximum Gasteiger partial charge on any atom is 0.353 e. The molecule has 35 heavy (non-hydrogen) atoms. The van der Waals surface area contributed by atoms with Gasteiger partial charge in [0.1, 0.15) is 18.0 Å². The van der Waals surface area contributed by atoms with Gasteiger partial charge in [-0.15, -0.1) is 11.3 Å². The third-order valence-corrected chi connectivity index (χ3v) is 6.20. The summed E-state index contributed by atoms with van der Waals surface area (Å²) in [5.74, 6) is -2.44. The summed E-state index contributed by atoms with van der Waals surface area (Å²) in [5, 5.41) is 15.8. The highest BCUT2D eigenvalue weighted by Crippen LogP contribution is 2.25. The Balaban J connectivity index is 1.34. The molecule has 0 aliphatic heterocycles. The molecule has 2 heterocycles. The number of pyridine rings is 1. The summed E-state index contributed by atoms with van der Waals surface area (Å²) >= 11 is 1.21. The fourth-order valence-electron chi connectivity index (χ4n) is 3.28. The van der Waals surface area contributed by atoms with Crippen LogP contribution >= 0.6 is 11.3 Å². The number of anilines is 1. The zero-order valence-corrected chi connectivity index (χ0v) is 19.9. The van der Waals surface area contributed by atoms with Crippen molar-refractivity contribution in [2.24, 2.45) is 5.92 Å². The van der Waals surface area contributed by atoms with Crippen LogP contribution in [-0.2, 0) is 20.9 Å². The average Bonchev–Trinajstić information content (AvgIpc) is 3.57. The number of carbonyl (C=O) groups excluding carboxylic acids is 3. The molecule has 1 atom stereocenters. The van der Waals surface area contributed by atoms with Gasteiger partial charge in [0, 0.05) is 17.6 Å². The predicted octanol–water partition coefficient (Wildman–Crippen LogP) is 3.83. The number of ether oxygens (including phenoxy) is 1. The first-order chi connectivity index (χ1) is 16.9. The molecule has 0 bridgehead atoms. The molecule has 2 aromatic heterocycles. The number of esters is 1. The van der Waals surface area contributed by atoms with Crippen molar-refractivity contribution < 1.29 is 19.1 Å². The highest BCUT2D eigenvalue weighted by Gasteiger charge is 2.28. The molecule has 9 nitrogen and oxygen atoms in total. The quantitative estimate of drug-likeness (QED) is 0.292. The molecule has 180 valence electrons. The zero-order valence-electron chi connectivity index (χ0n) is 19.1. The lowest BCUT2D eigenvalue weighted by atomic mass is 9.99. The first-order valence-corrected chi connectivity index (χ1v) is 12.2. The van der Waals surface area contributed by atoms with Crippen LogP contribution in [0.1, 0.15) is 42.1 Å². The van der Waals surface area contributed by atoms with Crippen molar-refractivity contribution in [2.75, 3.05) is 5.32 Å². The number of thiazole rings is 1. The van der Waals surface area contributed by atoms with Gasteiger partial charge in [0.15, 0.2) is 5.13 Å². The number of aromatic nitrogens is 2. The largest absolute Gasteiger partial charge is 0.456 e. The Bertz CT molecular complexity index is 1220. The molecular formula is C25H25N5O4S. The van der Waals surface area contributed by atoms with Gasteiger partial charge < -0.3 is 15.4 Å². The van der Waals surface area contributed by atoms with E-state index in [4.69, 9.17) is 10.1 Å². The van der Waals surface area contributed by atoms with E-state index < -0.39 is 23.5 Å². The molecule has 0 saturated heterocycles. The fraction of sp³-hybridized carbons (Fsp3) is 0.280. The van der Waals surface area contributed by atoms with Crippen molar-refractivity contribution in [3.63, 3.8) is 0 Å². The summed E-state index contributed by atoms with van der Waals surface area (Å²) in [6, 6.07) is 12.8. The monoisotopic (exact) mass is 491 g/mol. The van der Waals surface area contributed by atoms with Crippen LogP contribution < -0.4 is 10.6 Å². The number of rotatable bonds is 10. The van der Waals surface area contributed by atoms with Crippen molar-refractivity contribution in [3.8, 4) is 11.4 Å². The summed E-state index contributed by atoms with van der Waals surface area (Å²) < 4.78 is 5.19. The molecule has 10 heteroatoms. The Morgan fingerprint density at radius 1 is 1.14 bits per heavy atom. The van der Waals surface area contributed by atoms with Gasteiger partial charge in [-0.1, -0.05) is 37.3 Å². The third-order valence-electron chi connectivity index (χ3n) is 5.44. The first-order valence-electron chi connectivity index (χ1n) is 11.3. The lowest BCUT2D eigenvalue weighted by Crippen LogP contribution is -2.34. The Morgan fingerprint density at radius 2 is 1.91 bits per heavy atom. The number of hydrogen-bond donors (Lipinski definition) is 3. The van der Waals surface area contributed by atoms with Crippen molar-refractivity contribution in [1.29, 1.82) is 5.41 Å². The molecule has 1 aliphatic rings. The zero-order chi connectivity index (χ0) is 24.8. The molecule has 3 aromatic rings. The average molecular weight is 492 g/mol. The number of amides is 2. The summed E-state index contributed by atoms with van der Waals surface area (Å²) in [4.78, 5) is 45.9. The van der Waals surface area contributed by atoms with Crippen LogP contribution in [0.15, 0.2) is 54.0 Å². The van der Waals surface area contributed by atoms with Crippen molar-refractivity contribution in [3.05, 3.63) is 65.2 Å². The molecule has 1 aliphatic carbocycles. The normalized spacial score (nSPS) is 13.5. The van der Waals surface area contributed by atoms with Gasteiger partial charge in [-0.25, -0.2) is 9.78 Å². The number of nitrogens with one attached hydrogen (secondary N) is 3. The van der Waals surface area contributed by atoms with Crippen molar-refractivity contribution in [1.82, 2.24) is 15.3 Å². The topological polar surface area (TPSA) is 134 Å². The summed E-state index contributed by atoms with van der Waals surface area (Å²) in [5.41, 5.74) is 1.98. The Hall–Kier alpha value is -3.92. The van der Waals surface area contributed by atoms with Gasteiger partial charge in [0.2, 0.25) is 5.91 Å². The van der Waals surface area contributed by atoms with E-state index in [1.807, 2.05) is 30.3 Å². The molecule has 1 aromatic carbocycles. The predicted molar refractivity (Wildman–Crippen MR) is 132 cm³/mol. The number of carbonyl (C=O) groups is 3. The fourth-order valence-corrected chi connectivity index (χ4v) is 3.99. The summed E-state index contributed by atoms with van der Waals surface area (Å²) in [6.45, 7) is 1.76. The molecular weight excluding hydrogens is 466 g/mol. The number of nitrogens with zero attached hydrogens (tertiary/aromatic N) is 2. The second kappa shape index (κ2) is 11.0. The van der Waals surface area contributed by atoms with Gasteiger partial charge in [-0.2, -0.15) is 0 Å². The Morgan fingerprint density at radius 3 is 2.57 bits per heavy atom. The highest BCUT2D eigenvalue weighted by atomic mass is 32.1. The van der Waals surface area contributed by atoms with Crippen LogP contribution in [0, 0.1) is 11.3 Å². The second-order valence-corrected chi connectivity index (χ2v) is 9.00. The van der Waals surface area contributed by atoms with E-state index in [1.54, 1.807) is 24.4 Å². The van der Waals surface area contributed by atoms with Gasteiger partial charge in [0.05, 0.1) is 17.2 Å². The van der Waals surface area contributed by atoms with E-state index in [9.17, 15) is 14.4 Å². The molecule has 0 unspecified atom stereocenters. The molecule has 4 rings (SSSR count). The first kappa shape index (κ1) is 24.2. The molecule has 1 saturated carbocycles. The molecule has 1 fully saturated rings. The lowest BCUT2D eigenvalue weighted by Gasteiger charge is -2.14. The van der Waals surface area contributed by atoms with Crippen molar-refractivity contribution in [2.45, 2.75) is 38.8 Å². The Kier molecular flexibility index (Phi) is 7.61. The van der Waals surface area contributed by atoms with Gasteiger partial charge in [-0.05, 0) is 37.0 Å². The minimum absolute atomic E-state index is 0.0317. The highest BCUT2D eigenvalue weighted by molar-refractivity contribution is 7.14. The summed E-state index contributed by atoms with van der Waals surface area (Å²) in [7, 11) is 0. The maximum absolute atomic E-state index is 12.8. The van der Waals surface area contributed by atoms with Crippen LogP contribution in [0.25, 0.3) is 11.4 Å². The maximum atomic E-state index is 12.8. The number of benzene rings is 1.